The molecule has 0 saturated carbocycles. The lowest BCUT2D eigenvalue weighted by Gasteiger charge is -2.19. The molecule has 0 aliphatic carbocycles. The molecule has 20 nitrogen and oxygen atoms in total. The number of rotatable bonds is 26. The SMILES string of the molecule is O=C(O)COCNC(=O)CNC(=O)[C@H](Cc1ccccc1)NC(=O)CNC(=O)CNC(=O)CCOCCOCCNC(=O)CCN1C(=O)C=CC1=O. The molecule has 0 spiro atoms. The summed E-state index contributed by atoms with van der Waals surface area (Å²) in [5.41, 5.74) is 0.711. The Bertz CT molecular complexity index is 1420. The van der Waals surface area contributed by atoms with E-state index in [0.717, 1.165) is 17.1 Å². The van der Waals surface area contributed by atoms with Crippen molar-refractivity contribution in [3.63, 3.8) is 0 Å². The smallest absolute Gasteiger partial charge is 0.329 e. The van der Waals surface area contributed by atoms with Crippen molar-refractivity contribution in [1.29, 1.82) is 0 Å². The Balaban J connectivity index is 1.56. The third-order valence-corrected chi connectivity index (χ3v) is 6.72. The number of hydrogen-bond acceptors (Lipinski definition) is 12. The van der Waals surface area contributed by atoms with Gasteiger partial charge in [0, 0.05) is 44.5 Å². The maximum absolute atomic E-state index is 12.8. The van der Waals surface area contributed by atoms with Crippen LogP contribution in [0.15, 0.2) is 42.5 Å². The average Bonchev–Trinajstić information content (AvgIpc) is 3.44. The van der Waals surface area contributed by atoms with Gasteiger partial charge in [-0.2, -0.15) is 0 Å². The molecule has 0 bridgehead atoms. The van der Waals surface area contributed by atoms with E-state index in [2.05, 4.69) is 31.9 Å². The quantitative estimate of drug-likeness (QED) is 0.0273. The van der Waals surface area contributed by atoms with E-state index in [9.17, 15) is 43.2 Å². The van der Waals surface area contributed by atoms with Crippen LogP contribution in [0.1, 0.15) is 18.4 Å². The number of ether oxygens (including phenoxy) is 3. The largest absolute Gasteiger partial charge is 0.480 e. The Hall–Kier alpha value is -5.73. The van der Waals surface area contributed by atoms with Gasteiger partial charge in [-0.15, -0.1) is 0 Å². The first-order chi connectivity index (χ1) is 24.9. The van der Waals surface area contributed by atoms with Crippen LogP contribution in [0.5, 0.6) is 0 Å². The molecule has 1 aliphatic heterocycles. The molecular weight excluding hydrogens is 690 g/mol. The summed E-state index contributed by atoms with van der Waals surface area (Å²) in [4.78, 5) is 108. The molecule has 284 valence electrons. The van der Waals surface area contributed by atoms with Gasteiger partial charge in [-0.3, -0.25) is 43.3 Å². The summed E-state index contributed by atoms with van der Waals surface area (Å²) in [6, 6.07) is 7.63. The van der Waals surface area contributed by atoms with Crippen molar-refractivity contribution in [2.75, 3.05) is 72.5 Å². The number of imide groups is 1. The van der Waals surface area contributed by atoms with Crippen molar-refractivity contribution in [1.82, 2.24) is 36.8 Å². The second-order valence-corrected chi connectivity index (χ2v) is 10.8. The third-order valence-electron chi connectivity index (χ3n) is 6.72. The van der Waals surface area contributed by atoms with E-state index in [1.54, 1.807) is 30.3 Å². The summed E-state index contributed by atoms with van der Waals surface area (Å²) in [5.74, 6) is -5.64. The predicted molar refractivity (Wildman–Crippen MR) is 177 cm³/mol. The lowest BCUT2D eigenvalue weighted by atomic mass is 10.1. The number of carbonyl (C=O) groups excluding carboxylic acids is 8. The summed E-state index contributed by atoms with van der Waals surface area (Å²) in [5, 5.41) is 23.0. The third kappa shape index (κ3) is 18.9. The van der Waals surface area contributed by atoms with E-state index in [1.807, 2.05) is 0 Å². The van der Waals surface area contributed by atoms with E-state index in [0.29, 0.717) is 5.56 Å². The van der Waals surface area contributed by atoms with E-state index in [1.165, 1.54) is 0 Å². The Morgan fingerprint density at radius 1 is 0.654 bits per heavy atom. The molecule has 1 atom stereocenters. The number of benzene rings is 1. The number of hydrogen-bond donors (Lipinski definition) is 7. The summed E-state index contributed by atoms with van der Waals surface area (Å²) in [6.45, 7) is -1.57. The molecule has 8 amide bonds. The van der Waals surface area contributed by atoms with Gasteiger partial charge in [-0.05, 0) is 5.56 Å². The minimum absolute atomic E-state index is 0.0113. The van der Waals surface area contributed by atoms with E-state index < -0.39 is 79.6 Å². The van der Waals surface area contributed by atoms with Gasteiger partial charge in [0.2, 0.25) is 35.4 Å². The van der Waals surface area contributed by atoms with Crippen LogP contribution < -0.4 is 31.9 Å². The molecule has 0 fully saturated rings. The normalized spacial score (nSPS) is 12.5. The van der Waals surface area contributed by atoms with E-state index in [-0.39, 0.29) is 71.4 Å². The molecule has 0 saturated heterocycles. The number of aliphatic carboxylic acids is 1. The zero-order valence-electron chi connectivity index (χ0n) is 28.3. The molecule has 1 aliphatic rings. The van der Waals surface area contributed by atoms with Crippen LogP contribution in [-0.4, -0.2) is 142 Å². The van der Waals surface area contributed by atoms with Crippen LogP contribution in [0.4, 0.5) is 0 Å². The highest BCUT2D eigenvalue weighted by Gasteiger charge is 2.24. The number of carboxylic acids is 1. The maximum atomic E-state index is 12.8. The van der Waals surface area contributed by atoms with Crippen molar-refractivity contribution >= 4 is 53.2 Å². The predicted octanol–water partition coefficient (Wildman–Crippen LogP) is -3.91. The molecule has 0 unspecified atom stereocenters. The van der Waals surface area contributed by atoms with Crippen molar-refractivity contribution in [2.45, 2.75) is 25.3 Å². The highest BCUT2D eigenvalue weighted by molar-refractivity contribution is 6.13. The van der Waals surface area contributed by atoms with Gasteiger partial charge in [0.1, 0.15) is 19.4 Å². The molecule has 1 aromatic rings. The van der Waals surface area contributed by atoms with Crippen LogP contribution >= 0.6 is 0 Å². The second-order valence-electron chi connectivity index (χ2n) is 10.8. The molecule has 1 aromatic carbocycles. The average molecular weight is 734 g/mol. The fourth-order valence-electron chi connectivity index (χ4n) is 4.14. The Morgan fingerprint density at radius 2 is 1.25 bits per heavy atom. The molecule has 0 aromatic heterocycles. The van der Waals surface area contributed by atoms with E-state index >= 15 is 0 Å². The van der Waals surface area contributed by atoms with Crippen LogP contribution in [0.25, 0.3) is 0 Å². The Morgan fingerprint density at radius 3 is 1.94 bits per heavy atom. The minimum Gasteiger partial charge on any atom is -0.480 e. The molecule has 0 radical (unpaired) electrons. The molecule has 7 N–H and O–H groups in total. The zero-order valence-corrected chi connectivity index (χ0v) is 28.3. The summed E-state index contributed by atoms with van der Waals surface area (Å²) in [6.07, 6.45) is 2.29. The monoisotopic (exact) mass is 733 g/mol. The number of carbonyl (C=O) groups is 9. The Kier molecular flexibility index (Phi) is 19.9. The molecule has 2 rings (SSSR count). The highest BCUT2D eigenvalue weighted by atomic mass is 16.5. The zero-order chi connectivity index (χ0) is 38.1. The molecule has 20 heteroatoms. The van der Waals surface area contributed by atoms with Crippen LogP contribution in [0.2, 0.25) is 0 Å². The number of carboxylic acid groups (broad SMARTS) is 1. The Labute approximate surface area is 298 Å². The molecular formula is C32H43N7O13. The van der Waals surface area contributed by atoms with Gasteiger partial charge < -0.3 is 51.2 Å². The van der Waals surface area contributed by atoms with Crippen molar-refractivity contribution in [3.8, 4) is 0 Å². The lowest BCUT2D eigenvalue weighted by Crippen LogP contribution is -2.52. The first-order valence-corrected chi connectivity index (χ1v) is 16.1. The first-order valence-electron chi connectivity index (χ1n) is 16.1. The van der Waals surface area contributed by atoms with Gasteiger partial charge in [0.15, 0.2) is 0 Å². The summed E-state index contributed by atoms with van der Waals surface area (Å²) < 4.78 is 15.3. The van der Waals surface area contributed by atoms with Gasteiger partial charge in [0.05, 0.1) is 46.1 Å². The van der Waals surface area contributed by atoms with Crippen LogP contribution in [0, 0.1) is 0 Å². The fraction of sp³-hybridized carbons (Fsp3) is 0.469. The lowest BCUT2D eigenvalue weighted by molar-refractivity contribution is -0.143. The number of nitrogens with zero attached hydrogens (tertiary/aromatic N) is 1. The number of amides is 8. The first kappa shape index (κ1) is 42.4. The van der Waals surface area contributed by atoms with Crippen molar-refractivity contribution < 1.29 is 62.5 Å². The van der Waals surface area contributed by atoms with Crippen LogP contribution in [0.3, 0.4) is 0 Å². The van der Waals surface area contributed by atoms with Crippen molar-refractivity contribution in [2.24, 2.45) is 0 Å². The number of nitrogens with one attached hydrogen (secondary N) is 6. The standard InChI is InChI=1S/C32H43N7O13/c40-24(8-11-39-29(45)6-7-30(39)46)33-10-13-51-15-14-50-12-9-25(41)34-17-26(42)35-19-28(44)38-23(16-22-4-2-1-3-5-22)32(49)36-18-27(43)37-21-52-20-31(47)48/h1-7,23H,8-21H2,(H,33,40)(H,34,41)(H,35,42)(H,36,49)(H,37,43)(H,38,44)(H,47,48)/t23-/m0/s1. The van der Waals surface area contributed by atoms with Gasteiger partial charge in [-0.25, -0.2) is 4.79 Å². The summed E-state index contributed by atoms with van der Waals surface area (Å²) in [7, 11) is 0. The fourth-order valence-corrected chi connectivity index (χ4v) is 4.14. The second kappa shape index (κ2) is 24.4. The van der Waals surface area contributed by atoms with Crippen molar-refractivity contribution in [3.05, 3.63) is 48.0 Å². The molecule has 1 heterocycles. The summed E-state index contributed by atoms with van der Waals surface area (Å²) >= 11 is 0. The van der Waals surface area contributed by atoms with Gasteiger partial charge in [0.25, 0.3) is 11.8 Å². The molecule has 52 heavy (non-hydrogen) atoms. The van der Waals surface area contributed by atoms with Gasteiger partial charge in [-0.1, -0.05) is 30.3 Å². The maximum Gasteiger partial charge on any atom is 0.329 e. The van der Waals surface area contributed by atoms with Gasteiger partial charge >= 0.3 is 5.97 Å². The highest BCUT2D eigenvalue weighted by Crippen LogP contribution is 2.05. The topological polar surface area (TPSA) is 277 Å². The van der Waals surface area contributed by atoms with Crippen LogP contribution in [-0.2, 0) is 63.8 Å². The van der Waals surface area contributed by atoms with E-state index in [4.69, 9.17) is 19.3 Å². The minimum atomic E-state index is -1.21.